The normalized spacial score (nSPS) is 14.0. The average Bonchev–Trinajstić information content (AvgIpc) is 2.71. The molecule has 27 heavy (non-hydrogen) atoms. The van der Waals surface area contributed by atoms with Crippen LogP contribution < -0.4 is 9.47 Å². The molecule has 0 bridgehead atoms. The monoisotopic (exact) mass is 368 g/mol. The third kappa shape index (κ3) is 5.48. The molecule has 0 radical (unpaired) electrons. The molecule has 1 aliphatic rings. The minimum absolute atomic E-state index is 0.00836. The zero-order valence-corrected chi connectivity index (χ0v) is 15.5. The molecule has 2 aromatic rings. The van der Waals surface area contributed by atoms with Crippen LogP contribution >= 0.6 is 0 Å². The van der Waals surface area contributed by atoms with Gasteiger partial charge in [0.1, 0.15) is 11.5 Å². The van der Waals surface area contributed by atoms with Crippen LogP contribution in [0.3, 0.4) is 0 Å². The maximum atomic E-state index is 12.3. The second-order valence-corrected chi connectivity index (χ2v) is 6.47. The fourth-order valence-electron chi connectivity index (χ4n) is 2.90. The first kappa shape index (κ1) is 18.8. The minimum Gasteiger partial charge on any atom is -0.484 e. The van der Waals surface area contributed by atoms with Crippen LogP contribution in [0, 0.1) is 6.92 Å². The third-order valence-corrected chi connectivity index (χ3v) is 4.44. The summed E-state index contributed by atoms with van der Waals surface area (Å²) in [5.41, 5.74) is 1.09. The molecular weight excluding hydrogens is 344 g/mol. The summed E-state index contributed by atoms with van der Waals surface area (Å²) in [6, 6.07) is 16.9. The van der Waals surface area contributed by atoms with Crippen LogP contribution in [0.5, 0.6) is 11.5 Å². The van der Waals surface area contributed by atoms with Gasteiger partial charge in [0.2, 0.25) is 0 Å². The van der Waals surface area contributed by atoms with E-state index in [4.69, 9.17) is 9.47 Å². The summed E-state index contributed by atoms with van der Waals surface area (Å²) < 4.78 is 11.1. The Kier molecular flexibility index (Phi) is 6.30. The topological polar surface area (TPSA) is 59.1 Å². The Bertz CT molecular complexity index is 771. The fourth-order valence-corrected chi connectivity index (χ4v) is 2.90. The van der Waals surface area contributed by atoms with E-state index in [0.29, 0.717) is 37.7 Å². The largest absolute Gasteiger partial charge is 0.484 e. The van der Waals surface area contributed by atoms with E-state index in [1.807, 2.05) is 61.5 Å². The smallest absolute Gasteiger partial charge is 0.260 e. The average molecular weight is 368 g/mol. The lowest BCUT2D eigenvalue weighted by Gasteiger charge is -2.34. The van der Waals surface area contributed by atoms with Crippen molar-refractivity contribution in [2.24, 2.45) is 0 Å². The number of carbonyl (C=O) groups excluding carboxylic acids is 2. The van der Waals surface area contributed by atoms with Gasteiger partial charge in [0.05, 0.1) is 0 Å². The van der Waals surface area contributed by atoms with Crippen molar-refractivity contribution in [1.29, 1.82) is 0 Å². The summed E-state index contributed by atoms with van der Waals surface area (Å²) in [6.45, 7) is 4.02. The van der Waals surface area contributed by atoms with Crippen LogP contribution in [0.15, 0.2) is 54.6 Å². The van der Waals surface area contributed by atoms with Gasteiger partial charge in [-0.2, -0.15) is 0 Å². The molecule has 142 valence electrons. The Balaban J connectivity index is 1.40. The number of amides is 2. The number of benzene rings is 2. The number of piperazine rings is 1. The van der Waals surface area contributed by atoms with Crippen molar-refractivity contribution in [3.05, 3.63) is 60.2 Å². The Morgan fingerprint density at radius 3 is 1.85 bits per heavy atom. The fraction of sp³-hybridized carbons (Fsp3) is 0.333. The van der Waals surface area contributed by atoms with E-state index in [1.54, 1.807) is 9.80 Å². The van der Waals surface area contributed by atoms with Crippen molar-refractivity contribution in [3.8, 4) is 11.5 Å². The summed E-state index contributed by atoms with van der Waals surface area (Å²) >= 11 is 0. The lowest BCUT2D eigenvalue weighted by atomic mass is 10.2. The van der Waals surface area contributed by atoms with E-state index in [0.717, 1.165) is 5.56 Å². The first-order chi connectivity index (χ1) is 13.1. The molecule has 0 aliphatic carbocycles. The van der Waals surface area contributed by atoms with E-state index < -0.39 is 0 Å². The van der Waals surface area contributed by atoms with Gasteiger partial charge < -0.3 is 19.3 Å². The quantitative estimate of drug-likeness (QED) is 0.784. The van der Waals surface area contributed by atoms with Gasteiger partial charge >= 0.3 is 0 Å². The number of nitrogens with zero attached hydrogens (tertiary/aromatic N) is 2. The number of hydrogen-bond donors (Lipinski definition) is 0. The Labute approximate surface area is 159 Å². The lowest BCUT2D eigenvalue weighted by molar-refractivity contribution is -0.141. The molecule has 1 aliphatic heterocycles. The predicted molar refractivity (Wildman–Crippen MR) is 102 cm³/mol. The van der Waals surface area contributed by atoms with E-state index in [2.05, 4.69) is 0 Å². The van der Waals surface area contributed by atoms with Crippen molar-refractivity contribution < 1.29 is 19.1 Å². The summed E-state index contributed by atoms with van der Waals surface area (Å²) in [5.74, 6) is 1.23. The SMILES string of the molecule is Cc1cccc(OCC(=O)N2CCN(C(=O)COc3ccccc3)CC2)c1. The van der Waals surface area contributed by atoms with Crippen LogP contribution in [0.2, 0.25) is 0 Å². The zero-order chi connectivity index (χ0) is 19.1. The Hall–Kier alpha value is -3.02. The summed E-state index contributed by atoms with van der Waals surface area (Å²) in [5, 5.41) is 0. The maximum Gasteiger partial charge on any atom is 0.260 e. The molecule has 6 heteroatoms. The van der Waals surface area contributed by atoms with Crippen LogP contribution in [-0.2, 0) is 9.59 Å². The van der Waals surface area contributed by atoms with Gasteiger partial charge in [-0.1, -0.05) is 30.3 Å². The highest BCUT2D eigenvalue weighted by atomic mass is 16.5. The molecule has 3 rings (SSSR count). The number of rotatable bonds is 6. The van der Waals surface area contributed by atoms with Gasteiger partial charge in [0, 0.05) is 26.2 Å². The van der Waals surface area contributed by atoms with Crippen molar-refractivity contribution in [2.45, 2.75) is 6.92 Å². The molecule has 0 spiro atoms. The minimum atomic E-state index is -0.0676. The first-order valence-corrected chi connectivity index (χ1v) is 9.05. The van der Waals surface area contributed by atoms with E-state index in [9.17, 15) is 9.59 Å². The first-order valence-electron chi connectivity index (χ1n) is 9.05. The second-order valence-electron chi connectivity index (χ2n) is 6.47. The van der Waals surface area contributed by atoms with Crippen LogP contribution in [0.4, 0.5) is 0 Å². The maximum absolute atomic E-state index is 12.3. The number of hydrogen-bond acceptors (Lipinski definition) is 4. The van der Waals surface area contributed by atoms with Gasteiger partial charge in [0.25, 0.3) is 11.8 Å². The molecule has 0 unspecified atom stereocenters. The molecule has 0 atom stereocenters. The standard InChI is InChI=1S/C21H24N2O4/c1-17-6-5-9-19(14-17)27-16-21(25)23-12-10-22(11-13-23)20(24)15-26-18-7-3-2-4-8-18/h2-9,14H,10-13,15-16H2,1H3. The molecule has 1 heterocycles. The lowest BCUT2D eigenvalue weighted by Crippen LogP contribution is -2.52. The number of carbonyl (C=O) groups is 2. The Morgan fingerprint density at radius 1 is 0.778 bits per heavy atom. The molecular formula is C21H24N2O4. The number of aryl methyl sites for hydroxylation is 1. The predicted octanol–water partition coefficient (Wildman–Crippen LogP) is 2.12. The zero-order valence-electron chi connectivity index (χ0n) is 15.5. The summed E-state index contributed by atoms with van der Waals surface area (Å²) in [6.07, 6.45) is 0. The van der Waals surface area contributed by atoms with Gasteiger partial charge in [0.15, 0.2) is 13.2 Å². The Morgan fingerprint density at radius 2 is 1.30 bits per heavy atom. The third-order valence-electron chi connectivity index (χ3n) is 4.44. The number of para-hydroxylation sites is 1. The highest BCUT2D eigenvalue weighted by molar-refractivity contribution is 5.80. The van der Waals surface area contributed by atoms with E-state index >= 15 is 0 Å². The molecule has 2 aromatic carbocycles. The van der Waals surface area contributed by atoms with Crippen LogP contribution in [0.1, 0.15) is 5.56 Å². The highest BCUT2D eigenvalue weighted by Crippen LogP contribution is 2.13. The molecule has 2 amide bonds. The molecule has 6 nitrogen and oxygen atoms in total. The van der Waals surface area contributed by atoms with Gasteiger partial charge in [-0.05, 0) is 36.8 Å². The van der Waals surface area contributed by atoms with Crippen molar-refractivity contribution in [2.75, 3.05) is 39.4 Å². The van der Waals surface area contributed by atoms with E-state index in [-0.39, 0.29) is 25.0 Å². The second kappa shape index (κ2) is 9.07. The van der Waals surface area contributed by atoms with Crippen molar-refractivity contribution in [3.63, 3.8) is 0 Å². The molecule has 1 saturated heterocycles. The van der Waals surface area contributed by atoms with Crippen LogP contribution in [0.25, 0.3) is 0 Å². The van der Waals surface area contributed by atoms with Gasteiger partial charge in [-0.25, -0.2) is 0 Å². The van der Waals surface area contributed by atoms with Gasteiger partial charge in [-0.3, -0.25) is 9.59 Å². The molecule has 1 fully saturated rings. The summed E-state index contributed by atoms with van der Waals surface area (Å²) in [4.78, 5) is 28.0. The highest BCUT2D eigenvalue weighted by Gasteiger charge is 2.24. The van der Waals surface area contributed by atoms with Crippen LogP contribution in [-0.4, -0.2) is 61.0 Å². The van der Waals surface area contributed by atoms with E-state index in [1.165, 1.54) is 0 Å². The van der Waals surface area contributed by atoms with Crippen molar-refractivity contribution >= 4 is 11.8 Å². The number of ether oxygens (including phenoxy) is 2. The molecule has 0 aromatic heterocycles. The van der Waals surface area contributed by atoms with Gasteiger partial charge in [-0.15, -0.1) is 0 Å². The van der Waals surface area contributed by atoms with Crippen molar-refractivity contribution in [1.82, 2.24) is 9.80 Å². The molecule has 0 N–H and O–H groups in total. The summed E-state index contributed by atoms with van der Waals surface area (Å²) in [7, 11) is 0. The molecule has 0 saturated carbocycles.